The molecule has 0 spiro atoms. The number of nitrogen functional groups attached to an aromatic ring is 1. The molecule has 6 N–H and O–H groups in total. The van der Waals surface area contributed by atoms with Crippen LogP contribution in [-0.4, -0.2) is 96.2 Å². The molecule has 4 fully saturated rings. The largest absolute Gasteiger partial charge is 0.425 e. The molecular weight excluding hydrogens is 560 g/mol. The number of nitrogens with one attached hydrogen (secondary N) is 2. The lowest BCUT2D eigenvalue weighted by atomic mass is 9.94. The van der Waals surface area contributed by atoms with Gasteiger partial charge in [-0.05, 0) is 37.5 Å². The Hall–Kier alpha value is -4.00. The molecule has 2 aromatic rings. The van der Waals surface area contributed by atoms with Gasteiger partial charge in [-0.3, -0.25) is 14.2 Å². The van der Waals surface area contributed by atoms with Crippen LogP contribution in [0, 0.1) is 17.8 Å². The first kappa shape index (κ1) is 30.5. The van der Waals surface area contributed by atoms with E-state index in [0.717, 1.165) is 25.7 Å². The van der Waals surface area contributed by atoms with Gasteiger partial charge in [0.05, 0.1) is 6.33 Å². The highest BCUT2D eigenvalue weighted by molar-refractivity contribution is 5.83. The number of carbonyl (C=O) groups is 3. The number of aromatic nitrogens is 4. The number of aliphatic hydroxyl groups is 2. The predicted octanol–water partition coefficient (Wildman–Crippen LogP) is 0.159. The highest BCUT2D eigenvalue weighted by atomic mass is 16.6. The average molecular weight is 599 g/mol. The summed E-state index contributed by atoms with van der Waals surface area (Å²) in [4.78, 5) is 50.7. The number of amides is 3. The first-order valence-electron chi connectivity index (χ1n) is 14.8. The summed E-state index contributed by atoms with van der Waals surface area (Å²) in [5.41, 5.74) is 6.65. The number of hydrogen-bond donors (Lipinski definition) is 5. The first-order valence-corrected chi connectivity index (χ1v) is 14.8. The first-order chi connectivity index (χ1) is 20.8. The van der Waals surface area contributed by atoms with E-state index in [1.54, 1.807) is 4.90 Å². The highest BCUT2D eigenvalue weighted by Crippen LogP contribution is 2.33. The molecule has 3 amide bonds. The van der Waals surface area contributed by atoms with Crippen LogP contribution in [0.5, 0.6) is 0 Å². The monoisotopic (exact) mass is 598 g/mol. The maximum Gasteiger partial charge on any atom is 0.411 e. The molecule has 6 rings (SSSR count). The number of rotatable bonds is 5. The lowest BCUT2D eigenvalue weighted by Gasteiger charge is -2.31. The van der Waals surface area contributed by atoms with Gasteiger partial charge in [0.25, 0.3) is 5.91 Å². The Kier molecular flexibility index (Phi) is 9.28. The molecule has 3 saturated heterocycles. The molecule has 0 aromatic carbocycles. The molecule has 0 bridgehead atoms. The minimum absolute atomic E-state index is 0.0773. The zero-order valence-corrected chi connectivity index (χ0v) is 24.2. The van der Waals surface area contributed by atoms with E-state index < -0.39 is 42.8 Å². The molecule has 15 nitrogen and oxygen atoms in total. The van der Waals surface area contributed by atoms with Crippen molar-refractivity contribution in [2.75, 3.05) is 18.8 Å². The number of piperidine rings is 1. The molecule has 43 heavy (non-hydrogen) atoms. The molecule has 5 heterocycles. The third kappa shape index (κ3) is 6.82. The minimum atomic E-state index is -1.42. The van der Waals surface area contributed by atoms with Gasteiger partial charge in [0.2, 0.25) is 11.7 Å². The van der Waals surface area contributed by atoms with Gasteiger partial charge in [-0.2, -0.15) is 0 Å². The van der Waals surface area contributed by atoms with Crippen molar-refractivity contribution in [1.29, 1.82) is 0 Å². The van der Waals surface area contributed by atoms with Gasteiger partial charge in [-0.1, -0.05) is 19.8 Å². The number of nitrogens with zero attached hydrogens (tertiary/aromatic N) is 5. The molecular formula is C28H38N8O7. The number of fused-ring (bicyclic) bond motifs is 1. The Morgan fingerprint density at radius 1 is 1.16 bits per heavy atom. The number of likely N-dealkylation sites (tertiary alicyclic amines) is 1. The second-order valence-electron chi connectivity index (χ2n) is 10.9. The van der Waals surface area contributed by atoms with E-state index in [9.17, 15) is 24.6 Å². The standard InChI is InChI=1S/C26H32N8O7.C2H6/c27-22-18-23(34(12-28-18)25-20(37)19(36)21(41-25)24(38)29-14-4-5-14)31-15(30-22)3-1-2-13-8-10-33(11-9-13)26(39)40-17-7-6-16(35)32-17;1-2/h12-14,17,19-21,25,36-37H,2,4-11H2,(H,29,38)(H,32,35)(H2,27,30,31);1-2H3/t17?,19-,20?,21+,25-;/m1./s1. The number of nitrogens with two attached hydrogens (primary N) is 1. The number of imidazole rings is 1. The lowest BCUT2D eigenvalue weighted by Crippen LogP contribution is -2.43. The minimum Gasteiger partial charge on any atom is -0.425 e. The van der Waals surface area contributed by atoms with Crippen molar-refractivity contribution in [3.05, 3.63) is 12.2 Å². The van der Waals surface area contributed by atoms with Crippen LogP contribution in [0.3, 0.4) is 0 Å². The van der Waals surface area contributed by atoms with Crippen molar-refractivity contribution >= 4 is 34.9 Å². The Labute approximate surface area is 248 Å². The Bertz CT molecular complexity index is 1410. The van der Waals surface area contributed by atoms with E-state index in [-0.39, 0.29) is 40.7 Å². The normalized spacial score (nSPS) is 27.1. The number of hydrogen-bond acceptors (Lipinski definition) is 11. The Morgan fingerprint density at radius 3 is 2.58 bits per heavy atom. The zero-order chi connectivity index (χ0) is 30.7. The number of ether oxygens (including phenoxy) is 2. The molecule has 1 saturated carbocycles. The molecule has 2 unspecified atom stereocenters. The molecule has 2 aromatic heterocycles. The molecule has 3 aliphatic heterocycles. The molecule has 1 aliphatic carbocycles. The summed E-state index contributed by atoms with van der Waals surface area (Å²) in [6.45, 7) is 5.07. The molecule has 5 atom stereocenters. The van der Waals surface area contributed by atoms with Crippen LogP contribution >= 0.6 is 0 Å². The van der Waals surface area contributed by atoms with Gasteiger partial charge in [0.1, 0.15) is 17.7 Å². The van der Waals surface area contributed by atoms with Crippen LogP contribution in [0.2, 0.25) is 0 Å². The van der Waals surface area contributed by atoms with Crippen LogP contribution < -0.4 is 16.4 Å². The summed E-state index contributed by atoms with van der Waals surface area (Å²) < 4.78 is 12.5. The SMILES string of the molecule is CC.Nc1nc(C#CCC2CCN(C(=O)OC3CCC(=O)N3)CC2)nc2c1ncn2[C@@H]1O[C@H](C(=O)NC2CC2)[C@H](O)C1O. The van der Waals surface area contributed by atoms with E-state index in [2.05, 4.69) is 37.4 Å². The smallest absolute Gasteiger partial charge is 0.411 e. The van der Waals surface area contributed by atoms with Gasteiger partial charge >= 0.3 is 6.09 Å². The van der Waals surface area contributed by atoms with Gasteiger partial charge in [0, 0.05) is 38.4 Å². The van der Waals surface area contributed by atoms with Crippen LogP contribution in [0.15, 0.2) is 6.33 Å². The lowest BCUT2D eigenvalue weighted by molar-refractivity contribution is -0.137. The predicted molar refractivity (Wildman–Crippen MR) is 152 cm³/mol. The summed E-state index contributed by atoms with van der Waals surface area (Å²) >= 11 is 0. The molecule has 0 radical (unpaired) electrons. The molecule has 15 heteroatoms. The van der Waals surface area contributed by atoms with Crippen molar-refractivity contribution < 1.29 is 34.1 Å². The van der Waals surface area contributed by atoms with E-state index >= 15 is 0 Å². The van der Waals surface area contributed by atoms with E-state index in [1.165, 1.54) is 10.9 Å². The van der Waals surface area contributed by atoms with Crippen molar-refractivity contribution in [2.24, 2.45) is 5.92 Å². The fourth-order valence-electron chi connectivity index (χ4n) is 5.26. The average Bonchev–Trinajstić information content (AvgIpc) is 3.43. The van der Waals surface area contributed by atoms with Crippen molar-refractivity contribution in [2.45, 2.75) is 95.6 Å². The molecule has 4 aliphatic rings. The van der Waals surface area contributed by atoms with Gasteiger partial charge in [-0.25, -0.2) is 19.7 Å². The zero-order valence-electron chi connectivity index (χ0n) is 24.2. The van der Waals surface area contributed by atoms with Gasteiger partial charge < -0.3 is 41.0 Å². The van der Waals surface area contributed by atoms with Crippen LogP contribution in [0.25, 0.3) is 11.2 Å². The quantitative estimate of drug-likeness (QED) is 0.293. The summed E-state index contributed by atoms with van der Waals surface area (Å²) in [5, 5.41) is 26.5. The second-order valence-corrected chi connectivity index (χ2v) is 10.9. The van der Waals surface area contributed by atoms with Crippen molar-refractivity contribution in [1.82, 2.24) is 35.1 Å². The number of anilines is 1. The van der Waals surface area contributed by atoms with Crippen molar-refractivity contribution in [3.8, 4) is 11.8 Å². The van der Waals surface area contributed by atoms with Gasteiger partial charge in [0.15, 0.2) is 30.0 Å². The Morgan fingerprint density at radius 2 is 1.91 bits per heavy atom. The number of aliphatic hydroxyl groups excluding tert-OH is 2. The summed E-state index contributed by atoms with van der Waals surface area (Å²) in [6.07, 6.45) is -0.0853. The fourth-order valence-corrected chi connectivity index (χ4v) is 5.26. The summed E-state index contributed by atoms with van der Waals surface area (Å²) in [6, 6.07) is 0.0773. The van der Waals surface area contributed by atoms with E-state index in [0.29, 0.717) is 32.4 Å². The maximum absolute atomic E-state index is 12.5. The number of carbonyl (C=O) groups excluding carboxylic acids is 3. The van der Waals surface area contributed by atoms with E-state index in [4.69, 9.17) is 15.2 Å². The Balaban J connectivity index is 0.00000180. The van der Waals surface area contributed by atoms with E-state index in [1.807, 2.05) is 13.8 Å². The van der Waals surface area contributed by atoms with Crippen LogP contribution in [0.1, 0.15) is 70.8 Å². The molecule has 232 valence electrons. The topological polar surface area (TPSA) is 207 Å². The van der Waals surface area contributed by atoms with Crippen molar-refractivity contribution in [3.63, 3.8) is 0 Å². The van der Waals surface area contributed by atoms with Gasteiger partial charge in [-0.15, -0.1) is 0 Å². The van der Waals surface area contributed by atoms with Crippen LogP contribution in [-0.2, 0) is 19.1 Å². The fraction of sp³-hybridized carbons (Fsp3) is 0.643. The third-order valence-corrected chi connectivity index (χ3v) is 7.81. The second kappa shape index (κ2) is 13.1. The summed E-state index contributed by atoms with van der Waals surface area (Å²) in [7, 11) is 0. The maximum atomic E-state index is 12.5. The van der Waals surface area contributed by atoms with Crippen LogP contribution in [0.4, 0.5) is 10.6 Å². The highest BCUT2D eigenvalue weighted by Gasteiger charge is 2.48. The third-order valence-electron chi connectivity index (χ3n) is 7.81. The summed E-state index contributed by atoms with van der Waals surface area (Å²) in [5.74, 6) is 5.98.